The number of nitrogens with zero attached hydrogens (tertiary/aromatic N) is 3. The van der Waals surface area contributed by atoms with Crippen LogP contribution in [0.2, 0.25) is 0 Å². The number of oxazole rings is 1. The highest BCUT2D eigenvalue weighted by molar-refractivity contribution is 5.90. The van der Waals surface area contributed by atoms with Crippen LogP contribution in [-0.4, -0.2) is 27.3 Å². The van der Waals surface area contributed by atoms with Gasteiger partial charge in [-0.05, 0) is 42.5 Å². The highest BCUT2D eigenvalue weighted by atomic mass is 19.1. The summed E-state index contributed by atoms with van der Waals surface area (Å²) in [5.41, 5.74) is 1.38. The number of benzene rings is 2. The minimum Gasteiger partial charge on any atom is -0.492 e. The Balaban J connectivity index is 1.25. The summed E-state index contributed by atoms with van der Waals surface area (Å²) in [6.45, 7) is 1.11. The second-order valence-electron chi connectivity index (χ2n) is 6.82. The summed E-state index contributed by atoms with van der Waals surface area (Å²) >= 11 is 0. The number of hydrogen-bond acceptors (Lipinski definition) is 5. The molecule has 0 bridgehead atoms. The maximum absolute atomic E-state index is 13.0. The van der Waals surface area contributed by atoms with Gasteiger partial charge in [-0.1, -0.05) is 6.07 Å². The first-order valence-corrected chi connectivity index (χ1v) is 9.86. The van der Waals surface area contributed by atoms with Crippen molar-refractivity contribution in [1.82, 2.24) is 14.8 Å². The summed E-state index contributed by atoms with van der Waals surface area (Å²) < 4.78 is 26.2. The zero-order valence-electron chi connectivity index (χ0n) is 16.7. The summed E-state index contributed by atoms with van der Waals surface area (Å²) in [7, 11) is 0. The summed E-state index contributed by atoms with van der Waals surface area (Å²) in [5.74, 6) is 1.19. The van der Waals surface area contributed by atoms with E-state index in [0.29, 0.717) is 42.7 Å². The summed E-state index contributed by atoms with van der Waals surface area (Å²) in [6, 6.07) is 15.1. The molecule has 4 rings (SSSR count). The van der Waals surface area contributed by atoms with Crippen LogP contribution in [0, 0.1) is 5.82 Å². The zero-order chi connectivity index (χ0) is 21.5. The number of aromatic nitrogens is 3. The molecule has 1 N–H and O–H groups in total. The lowest BCUT2D eigenvalue weighted by atomic mass is 10.2. The van der Waals surface area contributed by atoms with Crippen molar-refractivity contribution in [3.63, 3.8) is 0 Å². The Morgan fingerprint density at radius 1 is 1.16 bits per heavy atom. The molecular formula is C23H21FN4O3. The molecule has 2 aromatic heterocycles. The van der Waals surface area contributed by atoms with Gasteiger partial charge in [-0.3, -0.25) is 9.48 Å². The van der Waals surface area contributed by atoms with Gasteiger partial charge in [0.15, 0.2) is 11.7 Å². The van der Waals surface area contributed by atoms with Gasteiger partial charge in [0.1, 0.15) is 18.2 Å². The molecule has 0 saturated carbocycles. The molecule has 0 spiro atoms. The number of halogens is 1. The molecular weight excluding hydrogens is 399 g/mol. The second-order valence-corrected chi connectivity index (χ2v) is 6.82. The molecule has 158 valence electrons. The second kappa shape index (κ2) is 9.71. The Morgan fingerprint density at radius 3 is 2.84 bits per heavy atom. The Hall–Kier alpha value is -3.94. The van der Waals surface area contributed by atoms with E-state index in [4.69, 9.17) is 9.15 Å². The predicted octanol–water partition coefficient (Wildman–Crippen LogP) is 4.33. The first-order chi connectivity index (χ1) is 15.2. The molecule has 0 radical (unpaired) electrons. The average Bonchev–Trinajstić information content (AvgIpc) is 3.45. The fourth-order valence-electron chi connectivity index (χ4n) is 2.97. The van der Waals surface area contributed by atoms with Crippen molar-refractivity contribution in [2.24, 2.45) is 0 Å². The molecule has 0 aliphatic rings. The van der Waals surface area contributed by atoms with Crippen LogP contribution in [0.5, 0.6) is 5.75 Å². The van der Waals surface area contributed by atoms with Crippen LogP contribution in [0.4, 0.5) is 10.1 Å². The van der Waals surface area contributed by atoms with Crippen molar-refractivity contribution in [2.45, 2.75) is 19.4 Å². The molecule has 0 aliphatic heterocycles. The van der Waals surface area contributed by atoms with Crippen LogP contribution in [0.3, 0.4) is 0 Å². The van der Waals surface area contributed by atoms with E-state index in [2.05, 4.69) is 15.4 Å². The van der Waals surface area contributed by atoms with E-state index in [1.165, 1.54) is 12.1 Å². The Kier molecular flexibility index (Phi) is 6.37. The number of hydrogen-bond donors (Lipinski definition) is 1. The zero-order valence-corrected chi connectivity index (χ0v) is 16.7. The largest absolute Gasteiger partial charge is 0.492 e. The molecule has 0 fully saturated rings. The normalized spacial score (nSPS) is 10.7. The number of amides is 1. The predicted molar refractivity (Wildman–Crippen MR) is 113 cm³/mol. The summed E-state index contributed by atoms with van der Waals surface area (Å²) in [4.78, 5) is 16.5. The maximum Gasteiger partial charge on any atom is 0.224 e. The summed E-state index contributed by atoms with van der Waals surface area (Å²) in [5, 5.41) is 6.98. The Bertz CT molecular complexity index is 1120. The first kappa shape index (κ1) is 20.3. The fraction of sp³-hybridized carbons (Fsp3) is 0.174. The van der Waals surface area contributed by atoms with Crippen molar-refractivity contribution in [1.29, 1.82) is 0 Å². The van der Waals surface area contributed by atoms with Gasteiger partial charge in [0.2, 0.25) is 5.91 Å². The van der Waals surface area contributed by atoms with Crippen LogP contribution >= 0.6 is 0 Å². The molecule has 2 heterocycles. The van der Waals surface area contributed by atoms with E-state index in [1.807, 2.05) is 24.4 Å². The number of rotatable bonds is 9. The quantitative estimate of drug-likeness (QED) is 0.436. The number of ether oxygens (including phenoxy) is 1. The molecule has 7 nitrogen and oxygen atoms in total. The molecule has 2 aromatic carbocycles. The van der Waals surface area contributed by atoms with Crippen LogP contribution < -0.4 is 10.1 Å². The third-order valence-corrected chi connectivity index (χ3v) is 4.51. The van der Waals surface area contributed by atoms with Crippen LogP contribution in [0.25, 0.3) is 11.3 Å². The van der Waals surface area contributed by atoms with Crippen molar-refractivity contribution >= 4 is 11.6 Å². The lowest BCUT2D eigenvalue weighted by Gasteiger charge is -2.09. The van der Waals surface area contributed by atoms with Gasteiger partial charge in [-0.25, -0.2) is 9.37 Å². The molecule has 4 aromatic rings. The third kappa shape index (κ3) is 5.79. The van der Waals surface area contributed by atoms with Crippen molar-refractivity contribution < 1.29 is 18.3 Å². The van der Waals surface area contributed by atoms with Gasteiger partial charge < -0.3 is 14.5 Å². The molecule has 8 heteroatoms. The van der Waals surface area contributed by atoms with Crippen LogP contribution in [0.1, 0.15) is 12.3 Å². The van der Waals surface area contributed by atoms with Crippen molar-refractivity contribution in [2.75, 3.05) is 11.9 Å². The lowest BCUT2D eigenvalue weighted by molar-refractivity contribution is -0.116. The van der Waals surface area contributed by atoms with E-state index in [1.54, 1.807) is 41.3 Å². The van der Waals surface area contributed by atoms with E-state index in [9.17, 15) is 9.18 Å². The minimum absolute atomic E-state index is 0.157. The van der Waals surface area contributed by atoms with Gasteiger partial charge >= 0.3 is 0 Å². The van der Waals surface area contributed by atoms with Crippen molar-refractivity contribution in [3.8, 4) is 17.1 Å². The van der Waals surface area contributed by atoms with Crippen LogP contribution in [-0.2, 0) is 17.8 Å². The SMILES string of the molecule is O=C(CCc1ncc(-c2ccc(F)cc2)o1)Nc1cccc(OCCn2cccn2)c1. The summed E-state index contributed by atoms with van der Waals surface area (Å²) in [6.07, 6.45) is 5.74. The number of nitrogens with one attached hydrogen (secondary N) is 1. The fourth-order valence-corrected chi connectivity index (χ4v) is 2.97. The monoisotopic (exact) mass is 420 g/mol. The standard InChI is InChI=1S/C23H21FN4O3/c24-18-7-5-17(6-8-18)21-16-25-23(31-21)10-9-22(29)27-19-3-1-4-20(15-19)30-14-13-28-12-2-11-26-28/h1-8,11-12,15-16H,9-10,13-14H2,(H,27,29). The van der Waals surface area contributed by atoms with Gasteiger partial charge in [-0.15, -0.1) is 0 Å². The highest BCUT2D eigenvalue weighted by Crippen LogP contribution is 2.21. The van der Waals surface area contributed by atoms with Gasteiger partial charge in [0, 0.05) is 42.6 Å². The Morgan fingerprint density at radius 2 is 2.03 bits per heavy atom. The van der Waals surface area contributed by atoms with E-state index in [-0.39, 0.29) is 18.1 Å². The van der Waals surface area contributed by atoms with E-state index < -0.39 is 0 Å². The van der Waals surface area contributed by atoms with E-state index >= 15 is 0 Å². The smallest absolute Gasteiger partial charge is 0.224 e. The highest BCUT2D eigenvalue weighted by Gasteiger charge is 2.10. The number of carbonyl (C=O) groups is 1. The molecule has 0 atom stereocenters. The maximum atomic E-state index is 13.0. The van der Waals surface area contributed by atoms with Crippen LogP contribution in [0.15, 0.2) is 77.6 Å². The average molecular weight is 420 g/mol. The third-order valence-electron chi connectivity index (χ3n) is 4.51. The number of aryl methyl sites for hydroxylation is 1. The van der Waals surface area contributed by atoms with Crippen molar-refractivity contribution in [3.05, 3.63) is 84.9 Å². The number of anilines is 1. The molecule has 0 aliphatic carbocycles. The minimum atomic E-state index is -0.312. The van der Waals surface area contributed by atoms with Gasteiger partial charge in [0.05, 0.1) is 12.7 Å². The van der Waals surface area contributed by atoms with Gasteiger partial charge in [-0.2, -0.15) is 5.10 Å². The molecule has 0 unspecified atom stereocenters. The molecule has 0 saturated heterocycles. The Labute approximate surface area is 178 Å². The first-order valence-electron chi connectivity index (χ1n) is 9.86. The molecule has 31 heavy (non-hydrogen) atoms. The van der Waals surface area contributed by atoms with Gasteiger partial charge in [0.25, 0.3) is 0 Å². The lowest BCUT2D eigenvalue weighted by Crippen LogP contribution is -2.13. The topological polar surface area (TPSA) is 82.2 Å². The van der Waals surface area contributed by atoms with E-state index in [0.717, 1.165) is 5.56 Å². The molecule has 1 amide bonds. The number of carbonyl (C=O) groups excluding carboxylic acids is 1.